The van der Waals surface area contributed by atoms with Crippen LogP contribution >= 0.6 is 0 Å². The number of carbonyl (C=O) groups is 2. The second kappa shape index (κ2) is 7.64. The summed E-state index contributed by atoms with van der Waals surface area (Å²) in [6.07, 6.45) is 0. The van der Waals surface area contributed by atoms with Crippen LogP contribution in [0.15, 0.2) is 71.6 Å². The minimum Gasteiger partial charge on any atom is -0.322 e. The molecule has 3 aromatic rings. The van der Waals surface area contributed by atoms with E-state index < -0.39 is 22.0 Å². The van der Waals surface area contributed by atoms with E-state index in [2.05, 4.69) is 5.32 Å². The Labute approximate surface area is 180 Å². The fourth-order valence-electron chi connectivity index (χ4n) is 3.64. The molecule has 2 amide bonds. The van der Waals surface area contributed by atoms with Gasteiger partial charge in [-0.1, -0.05) is 36.4 Å². The number of hydrogen-bond donors (Lipinski definition) is 2. The van der Waals surface area contributed by atoms with Crippen LogP contribution in [-0.2, 0) is 14.8 Å². The lowest BCUT2D eigenvalue weighted by Crippen LogP contribution is -2.45. The highest BCUT2D eigenvalue weighted by Gasteiger charge is 2.39. The Balaban J connectivity index is 1.91. The molecule has 1 aliphatic heterocycles. The molecule has 31 heavy (non-hydrogen) atoms. The minimum absolute atomic E-state index is 0.150. The van der Waals surface area contributed by atoms with E-state index >= 15 is 0 Å². The summed E-state index contributed by atoms with van der Waals surface area (Å²) in [6, 6.07) is 17.5. The molecule has 0 aliphatic carbocycles. The third-order valence-electron chi connectivity index (χ3n) is 5.41. The lowest BCUT2D eigenvalue weighted by molar-refractivity contribution is -0.117. The van der Waals surface area contributed by atoms with E-state index in [1.54, 1.807) is 36.4 Å². The van der Waals surface area contributed by atoms with Crippen LogP contribution in [0.5, 0.6) is 0 Å². The maximum Gasteiger partial charge on any atom is 0.259 e. The molecule has 3 aromatic carbocycles. The maximum absolute atomic E-state index is 13.6. The van der Waals surface area contributed by atoms with Gasteiger partial charge in [-0.25, -0.2) is 13.6 Å². The molecule has 0 spiro atoms. The number of sulfonamides is 1. The van der Waals surface area contributed by atoms with Crippen molar-refractivity contribution in [3.8, 4) is 0 Å². The lowest BCUT2D eigenvalue weighted by Gasteiger charge is -2.37. The number of rotatable bonds is 3. The average Bonchev–Trinajstić information content (AvgIpc) is 2.73. The van der Waals surface area contributed by atoms with E-state index in [0.717, 1.165) is 11.1 Å². The van der Waals surface area contributed by atoms with Crippen LogP contribution in [0.4, 0.5) is 11.4 Å². The van der Waals surface area contributed by atoms with Crippen LogP contribution < -0.4 is 15.4 Å². The quantitative estimate of drug-likeness (QED) is 0.658. The Hall–Kier alpha value is -3.49. The molecule has 0 aromatic heterocycles. The molecule has 1 heterocycles. The van der Waals surface area contributed by atoms with Gasteiger partial charge in [-0.3, -0.25) is 14.5 Å². The maximum atomic E-state index is 13.6. The van der Waals surface area contributed by atoms with Crippen molar-refractivity contribution < 1.29 is 18.0 Å². The van der Waals surface area contributed by atoms with Crippen LogP contribution in [0.3, 0.4) is 0 Å². The van der Waals surface area contributed by atoms with Crippen LogP contribution in [0, 0.1) is 13.8 Å². The Bertz CT molecular complexity index is 1300. The van der Waals surface area contributed by atoms with E-state index in [9.17, 15) is 18.0 Å². The predicted molar refractivity (Wildman–Crippen MR) is 118 cm³/mol. The van der Waals surface area contributed by atoms with Crippen LogP contribution in [0.2, 0.25) is 0 Å². The smallest absolute Gasteiger partial charge is 0.259 e. The zero-order valence-corrected chi connectivity index (χ0v) is 17.8. The van der Waals surface area contributed by atoms with Gasteiger partial charge in [0.05, 0.1) is 16.3 Å². The topological polar surface area (TPSA) is 110 Å². The van der Waals surface area contributed by atoms with Crippen molar-refractivity contribution in [1.82, 2.24) is 0 Å². The van der Waals surface area contributed by atoms with E-state index in [-0.39, 0.29) is 16.5 Å². The average molecular weight is 436 g/mol. The highest BCUT2D eigenvalue weighted by molar-refractivity contribution is 7.89. The van der Waals surface area contributed by atoms with Gasteiger partial charge in [0, 0.05) is 5.56 Å². The number of nitrogens with zero attached hydrogens (tertiary/aromatic N) is 1. The minimum atomic E-state index is -3.97. The number of amides is 2. The molecule has 4 rings (SSSR count). The first kappa shape index (κ1) is 20.8. The molecule has 8 heteroatoms. The Morgan fingerprint density at radius 2 is 1.68 bits per heavy atom. The van der Waals surface area contributed by atoms with Crippen LogP contribution in [0.1, 0.15) is 33.1 Å². The van der Waals surface area contributed by atoms with E-state index in [1.807, 2.05) is 26.0 Å². The monoisotopic (exact) mass is 435 g/mol. The number of primary sulfonamides is 1. The summed E-state index contributed by atoms with van der Waals surface area (Å²) in [5.41, 5.74) is 3.67. The number of nitrogens with one attached hydrogen (secondary N) is 1. The molecule has 0 saturated heterocycles. The largest absolute Gasteiger partial charge is 0.322 e. The molecular formula is C23H21N3O4S. The van der Waals surface area contributed by atoms with Gasteiger partial charge >= 0.3 is 0 Å². The zero-order valence-electron chi connectivity index (χ0n) is 17.0. The van der Waals surface area contributed by atoms with Gasteiger partial charge in [-0.05, 0) is 60.9 Å². The van der Waals surface area contributed by atoms with Gasteiger partial charge < -0.3 is 5.32 Å². The summed E-state index contributed by atoms with van der Waals surface area (Å²) in [4.78, 5) is 28.0. The van der Waals surface area contributed by atoms with Crippen molar-refractivity contribution in [2.75, 3.05) is 10.2 Å². The van der Waals surface area contributed by atoms with Gasteiger partial charge in [0.15, 0.2) is 0 Å². The van der Waals surface area contributed by atoms with Crippen molar-refractivity contribution in [2.24, 2.45) is 5.14 Å². The number of benzene rings is 3. The van der Waals surface area contributed by atoms with E-state index in [1.165, 1.54) is 23.1 Å². The summed E-state index contributed by atoms with van der Waals surface area (Å²) >= 11 is 0. The summed E-state index contributed by atoms with van der Waals surface area (Å²) in [5.74, 6) is -0.807. The number of hydrogen-bond acceptors (Lipinski definition) is 4. The normalized spacial score (nSPS) is 15.9. The Kier molecular flexibility index (Phi) is 5.12. The van der Waals surface area contributed by atoms with Crippen molar-refractivity contribution in [1.29, 1.82) is 0 Å². The van der Waals surface area contributed by atoms with Gasteiger partial charge in [-0.15, -0.1) is 0 Å². The van der Waals surface area contributed by atoms with Crippen molar-refractivity contribution in [3.63, 3.8) is 0 Å². The Morgan fingerprint density at radius 3 is 2.32 bits per heavy atom. The second-order valence-corrected chi connectivity index (χ2v) is 9.06. The molecule has 0 saturated carbocycles. The standard InChI is InChI=1S/C23H21N3O4S/c1-14-8-9-17(12-15(14)2)23(28)26-20-11-10-18(31(24,29)30)13-19(20)25-22(27)21(26)16-6-4-3-5-7-16/h3-13,21H,1-2H3,(H,25,27)(H2,24,29,30). The molecule has 1 atom stereocenters. The SMILES string of the molecule is Cc1ccc(C(=O)N2c3ccc(S(N)(=O)=O)cc3NC(=O)C2c2ccccc2)cc1C. The number of aryl methyl sites for hydroxylation is 2. The predicted octanol–water partition coefficient (Wildman–Crippen LogP) is 3.29. The molecule has 158 valence electrons. The number of carbonyl (C=O) groups excluding carboxylic acids is 2. The number of nitrogens with two attached hydrogens (primary N) is 1. The molecule has 0 bridgehead atoms. The number of fused-ring (bicyclic) bond motifs is 1. The van der Waals surface area contributed by atoms with Gasteiger partial charge in [0.2, 0.25) is 10.0 Å². The summed E-state index contributed by atoms with van der Waals surface area (Å²) in [7, 11) is -3.97. The molecule has 0 radical (unpaired) electrons. The van der Waals surface area contributed by atoms with Gasteiger partial charge in [0.1, 0.15) is 6.04 Å². The highest BCUT2D eigenvalue weighted by atomic mass is 32.2. The molecular weight excluding hydrogens is 414 g/mol. The summed E-state index contributed by atoms with van der Waals surface area (Å²) in [5, 5.41) is 7.96. The lowest BCUT2D eigenvalue weighted by atomic mass is 9.98. The van der Waals surface area contributed by atoms with Crippen molar-refractivity contribution in [3.05, 3.63) is 89.0 Å². The third-order valence-corrected chi connectivity index (χ3v) is 6.32. The fourth-order valence-corrected chi connectivity index (χ4v) is 4.18. The van der Waals surface area contributed by atoms with Crippen LogP contribution in [0.25, 0.3) is 0 Å². The molecule has 1 aliphatic rings. The Morgan fingerprint density at radius 1 is 0.968 bits per heavy atom. The summed E-state index contributed by atoms with van der Waals surface area (Å²) in [6.45, 7) is 3.87. The molecule has 3 N–H and O–H groups in total. The van der Waals surface area contributed by atoms with Gasteiger partial charge in [-0.2, -0.15) is 0 Å². The van der Waals surface area contributed by atoms with Crippen molar-refractivity contribution in [2.45, 2.75) is 24.8 Å². The molecule has 7 nitrogen and oxygen atoms in total. The first-order chi connectivity index (χ1) is 14.7. The first-order valence-corrected chi connectivity index (χ1v) is 11.1. The van der Waals surface area contributed by atoms with Gasteiger partial charge in [0.25, 0.3) is 11.8 Å². The molecule has 1 unspecified atom stereocenters. The van der Waals surface area contributed by atoms with Crippen LogP contribution in [-0.4, -0.2) is 20.2 Å². The van der Waals surface area contributed by atoms with E-state index in [4.69, 9.17) is 5.14 Å². The number of anilines is 2. The van der Waals surface area contributed by atoms with Crippen molar-refractivity contribution >= 4 is 33.2 Å². The fraction of sp³-hybridized carbons (Fsp3) is 0.130. The molecule has 0 fully saturated rings. The highest BCUT2D eigenvalue weighted by Crippen LogP contribution is 2.40. The zero-order chi connectivity index (χ0) is 22.3. The summed E-state index contributed by atoms with van der Waals surface area (Å²) < 4.78 is 23.6. The first-order valence-electron chi connectivity index (χ1n) is 9.60. The second-order valence-electron chi connectivity index (χ2n) is 7.50. The van der Waals surface area contributed by atoms with E-state index in [0.29, 0.717) is 16.8 Å². The third kappa shape index (κ3) is 3.83.